The number of rotatable bonds is 3. The molecule has 1 aromatic heterocycles. The lowest BCUT2D eigenvalue weighted by atomic mass is 9.95. The van der Waals surface area contributed by atoms with E-state index in [0.29, 0.717) is 0 Å². The quantitative estimate of drug-likeness (QED) is 0.565. The summed E-state index contributed by atoms with van der Waals surface area (Å²) in [5, 5.41) is 1.11. The number of hydrogen-bond acceptors (Lipinski definition) is 3. The lowest BCUT2D eigenvalue weighted by Crippen LogP contribution is -2.29. The van der Waals surface area contributed by atoms with E-state index >= 15 is 0 Å². The Labute approximate surface area is 124 Å². The summed E-state index contributed by atoms with van der Waals surface area (Å²) in [6, 6.07) is 14.4. The normalized spacial score (nSPS) is 12.8. The molecule has 0 radical (unpaired) electrons. The molecule has 3 heteroatoms. The molecule has 21 heavy (non-hydrogen) atoms. The van der Waals surface area contributed by atoms with Crippen LogP contribution < -0.4 is 11.3 Å². The van der Waals surface area contributed by atoms with Crippen LogP contribution in [0.2, 0.25) is 0 Å². The molecule has 0 aliphatic heterocycles. The van der Waals surface area contributed by atoms with Crippen molar-refractivity contribution in [3.63, 3.8) is 0 Å². The smallest absolute Gasteiger partial charge is 0.134 e. The molecule has 0 spiro atoms. The van der Waals surface area contributed by atoms with Gasteiger partial charge in [0.1, 0.15) is 17.4 Å². The van der Waals surface area contributed by atoms with Crippen LogP contribution in [0.25, 0.3) is 11.0 Å². The zero-order chi connectivity index (χ0) is 15.0. The van der Waals surface area contributed by atoms with Gasteiger partial charge in [0, 0.05) is 5.39 Å². The Hall–Kier alpha value is -2.10. The van der Waals surface area contributed by atoms with E-state index < -0.39 is 0 Å². The Morgan fingerprint density at radius 3 is 2.38 bits per heavy atom. The van der Waals surface area contributed by atoms with E-state index in [4.69, 9.17) is 10.3 Å². The van der Waals surface area contributed by atoms with Gasteiger partial charge in [-0.05, 0) is 55.7 Å². The van der Waals surface area contributed by atoms with E-state index in [1.165, 1.54) is 22.3 Å². The molecule has 0 saturated carbocycles. The van der Waals surface area contributed by atoms with Gasteiger partial charge in [-0.25, -0.2) is 5.43 Å². The third-order valence-corrected chi connectivity index (χ3v) is 3.97. The molecule has 3 aromatic rings. The van der Waals surface area contributed by atoms with E-state index in [1.54, 1.807) is 0 Å². The lowest BCUT2D eigenvalue weighted by molar-refractivity contribution is 0.475. The molecule has 3 nitrogen and oxygen atoms in total. The molecular weight excluding hydrogens is 260 g/mol. The van der Waals surface area contributed by atoms with Crippen molar-refractivity contribution in [2.45, 2.75) is 26.8 Å². The summed E-state index contributed by atoms with van der Waals surface area (Å²) in [4.78, 5) is 0. The number of benzene rings is 2. The Morgan fingerprint density at radius 2 is 1.71 bits per heavy atom. The molecule has 108 valence electrons. The minimum Gasteiger partial charge on any atom is -0.459 e. The number of fused-ring (bicyclic) bond motifs is 1. The highest BCUT2D eigenvalue weighted by atomic mass is 16.3. The van der Waals surface area contributed by atoms with Gasteiger partial charge in [0.05, 0.1) is 0 Å². The summed E-state index contributed by atoms with van der Waals surface area (Å²) in [6.45, 7) is 6.27. The van der Waals surface area contributed by atoms with Crippen molar-refractivity contribution in [2.75, 3.05) is 0 Å². The second-order valence-electron chi connectivity index (χ2n) is 5.60. The van der Waals surface area contributed by atoms with Crippen molar-refractivity contribution in [3.8, 4) is 0 Å². The van der Waals surface area contributed by atoms with Gasteiger partial charge in [0.15, 0.2) is 0 Å². The maximum absolute atomic E-state index is 6.00. The maximum Gasteiger partial charge on any atom is 0.134 e. The van der Waals surface area contributed by atoms with Gasteiger partial charge in [0.2, 0.25) is 0 Å². The topological polar surface area (TPSA) is 51.2 Å². The molecule has 3 N–H and O–H groups in total. The molecule has 0 aliphatic carbocycles. The van der Waals surface area contributed by atoms with Crippen LogP contribution in [0.15, 0.2) is 46.9 Å². The highest BCUT2D eigenvalue weighted by Gasteiger charge is 2.20. The molecule has 1 unspecified atom stereocenters. The standard InChI is InChI=1S/C18H20N2O/c1-11-7-8-15-14(9-11)10-16(21-15)18(20-19)17-12(2)5-4-6-13(17)3/h4-10,18,20H,19H2,1-3H3. The van der Waals surface area contributed by atoms with Crippen molar-refractivity contribution < 1.29 is 4.42 Å². The molecule has 3 rings (SSSR count). The van der Waals surface area contributed by atoms with Gasteiger partial charge >= 0.3 is 0 Å². The second-order valence-corrected chi connectivity index (χ2v) is 5.60. The average Bonchev–Trinajstić information content (AvgIpc) is 2.85. The fourth-order valence-electron chi connectivity index (χ4n) is 2.92. The average molecular weight is 280 g/mol. The highest BCUT2D eigenvalue weighted by Crippen LogP contribution is 2.31. The summed E-state index contributed by atoms with van der Waals surface area (Å²) in [6.07, 6.45) is 0. The van der Waals surface area contributed by atoms with Crippen molar-refractivity contribution in [3.05, 3.63) is 70.5 Å². The number of nitrogens with two attached hydrogens (primary N) is 1. The van der Waals surface area contributed by atoms with E-state index in [1.807, 2.05) is 6.07 Å². The Morgan fingerprint density at radius 1 is 1.00 bits per heavy atom. The number of hydrazine groups is 1. The first kappa shape index (κ1) is 13.9. The van der Waals surface area contributed by atoms with Crippen molar-refractivity contribution in [2.24, 2.45) is 5.84 Å². The summed E-state index contributed by atoms with van der Waals surface area (Å²) in [5.74, 6) is 6.66. The van der Waals surface area contributed by atoms with Crippen LogP contribution in [0.5, 0.6) is 0 Å². The fourth-order valence-corrected chi connectivity index (χ4v) is 2.92. The third-order valence-electron chi connectivity index (χ3n) is 3.97. The largest absolute Gasteiger partial charge is 0.459 e. The monoisotopic (exact) mass is 280 g/mol. The van der Waals surface area contributed by atoms with Gasteiger partial charge in [0.25, 0.3) is 0 Å². The first-order valence-electron chi connectivity index (χ1n) is 7.12. The molecule has 0 aliphatic rings. The summed E-state index contributed by atoms with van der Waals surface area (Å²) in [5.41, 5.74) is 8.59. The van der Waals surface area contributed by atoms with Gasteiger partial charge in [-0.15, -0.1) is 0 Å². The summed E-state index contributed by atoms with van der Waals surface area (Å²) >= 11 is 0. The van der Waals surface area contributed by atoms with Gasteiger partial charge < -0.3 is 4.42 Å². The highest BCUT2D eigenvalue weighted by molar-refractivity contribution is 5.79. The van der Waals surface area contributed by atoms with Gasteiger partial charge in [-0.3, -0.25) is 5.84 Å². The van der Waals surface area contributed by atoms with Crippen LogP contribution in [0, 0.1) is 20.8 Å². The Bertz CT molecular complexity index is 769. The Balaban J connectivity index is 2.14. The predicted octanol–water partition coefficient (Wildman–Crippen LogP) is 3.91. The Kier molecular flexibility index (Phi) is 3.53. The predicted molar refractivity (Wildman–Crippen MR) is 86.0 cm³/mol. The first-order chi connectivity index (χ1) is 10.1. The molecule has 1 heterocycles. The van der Waals surface area contributed by atoms with Gasteiger partial charge in [-0.2, -0.15) is 0 Å². The molecule has 2 aromatic carbocycles. The summed E-state index contributed by atoms with van der Waals surface area (Å²) < 4.78 is 6.00. The van der Waals surface area contributed by atoms with Crippen molar-refractivity contribution >= 4 is 11.0 Å². The first-order valence-corrected chi connectivity index (χ1v) is 7.12. The second kappa shape index (κ2) is 5.35. The van der Waals surface area contributed by atoms with Crippen molar-refractivity contribution in [1.82, 2.24) is 5.43 Å². The molecule has 0 amide bonds. The molecule has 0 saturated heterocycles. The zero-order valence-electron chi connectivity index (χ0n) is 12.6. The van der Waals surface area contributed by atoms with Crippen LogP contribution >= 0.6 is 0 Å². The molecular formula is C18H20N2O. The molecule has 1 atom stereocenters. The van der Waals surface area contributed by atoms with E-state index in [-0.39, 0.29) is 6.04 Å². The van der Waals surface area contributed by atoms with Crippen molar-refractivity contribution in [1.29, 1.82) is 0 Å². The SMILES string of the molecule is Cc1ccc2oc(C(NN)c3c(C)cccc3C)cc2c1. The lowest BCUT2D eigenvalue weighted by Gasteiger charge is -2.18. The number of furan rings is 1. The zero-order valence-corrected chi connectivity index (χ0v) is 12.6. The van der Waals surface area contributed by atoms with Crippen LogP contribution in [-0.2, 0) is 0 Å². The summed E-state index contributed by atoms with van der Waals surface area (Å²) in [7, 11) is 0. The van der Waals surface area contributed by atoms with Crippen LogP contribution in [0.3, 0.4) is 0 Å². The molecule has 0 bridgehead atoms. The van der Waals surface area contributed by atoms with Crippen LogP contribution in [0.4, 0.5) is 0 Å². The van der Waals surface area contributed by atoms with Gasteiger partial charge in [-0.1, -0.05) is 29.8 Å². The maximum atomic E-state index is 6.00. The molecule has 0 fully saturated rings. The fraction of sp³-hybridized carbons (Fsp3) is 0.222. The number of aryl methyl sites for hydroxylation is 3. The minimum absolute atomic E-state index is 0.140. The van der Waals surface area contributed by atoms with E-state index in [2.05, 4.69) is 62.6 Å². The number of hydrogen-bond donors (Lipinski definition) is 2. The third kappa shape index (κ3) is 2.46. The van der Waals surface area contributed by atoms with Crippen LogP contribution in [0.1, 0.15) is 34.1 Å². The number of nitrogens with one attached hydrogen (secondary N) is 1. The van der Waals surface area contributed by atoms with E-state index in [9.17, 15) is 0 Å². The van der Waals surface area contributed by atoms with Crippen LogP contribution in [-0.4, -0.2) is 0 Å². The minimum atomic E-state index is -0.140. The van der Waals surface area contributed by atoms with E-state index in [0.717, 1.165) is 16.7 Å².